The van der Waals surface area contributed by atoms with E-state index in [1.54, 1.807) is 0 Å². The third-order valence-electron chi connectivity index (χ3n) is 4.13. The minimum absolute atomic E-state index is 0.0831. The van der Waals surface area contributed by atoms with Crippen LogP contribution >= 0.6 is 0 Å². The van der Waals surface area contributed by atoms with Crippen LogP contribution in [-0.2, 0) is 11.3 Å². The minimum Gasteiger partial charge on any atom is -0.338 e. The zero-order valence-electron chi connectivity index (χ0n) is 13.2. The normalized spacial score (nSPS) is 17.5. The maximum atomic E-state index is 12.2. The van der Waals surface area contributed by atoms with Crippen molar-refractivity contribution in [1.82, 2.24) is 15.5 Å². The Kier molecular flexibility index (Phi) is 4.46. The van der Waals surface area contributed by atoms with Crippen LogP contribution in [0.25, 0.3) is 10.8 Å². The zero-order chi connectivity index (χ0) is 16.2. The van der Waals surface area contributed by atoms with E-state index in [1.165, 1.54) is 10.8 Å². The van der Waals surface area contributed by atoms with Gasteiger partial charge < -0.3 is 15.5 Å². The molecule has 5 nitrogen and oxygen atoms in total. The molecule has 1 unspecified atom stereocenters. The van der Waals surface area contributed by atoms with Gasteiger partial charge in [-0.2, -0.15) is 0 Å². The maximum absolute atomic E-state index is 12.2. The number of fused-ring (bicyclic) bond motifs is 1. The van der Waals surface area contributed by atoms with Gasteiger partial charge in [0.1, 0.15) is 0 Å². The molecule has 0 aliphatic carbocycles. The molecule has 0 aromatic heterocycles. The lowest BCUT2D eigenvalue weighted by Crippen LogP contribution is -2.43. The fraction of sp³-hybridized carbons (Fsp3) is 0.333. The van der Waals surface area contributed by atoms with Crippen LogP contribution in [-0.4, -0.2) is 36.0 Å². The molecule has 0 spiro atoms. The van der Waals surface area contributed by atoms with Crippen LogP contribution in [0.15, 0.2) is 42.5 Å². The molecule has 5 heteroatoms. The van der Waals surface area contributed by atoms with Gasteiger partial charge in [-0.1, -0.05) is 42.5 Å². The first-order valence-corrected chi connectivity index (χ1v) is 7.96. The quantitative estimate of drug-likeness (QED) is 0.910. The Hall–Kier alpha value is -2.56. The van der Waals surface area contributed by atoms with E-state index < -0.39 is 0 Å². The van der Waals surface area contributed by atoms with E-state index in [2.05, 4.69) is 34.9 Å². The Bertz CT molecular complexity index is 724. The number of nitrogens with one attached hydrogen (secondary N) is 2. The first-order valence-electron chi connectivity index (χ1n) is 7.96. The lowest BCUT2D eigenvalue weighted by Gasteiger charge is -2.18. The monoisotopic (exact) mass is 311 g/mol. The van der Waals surface area contributed by atoms with E-state index in [9.17, 15) is 9.59 Å². The summed E-state index contributed by atoms with van der Waals surface area (Å²) in [4.78, 5) is 25.6. The topological polar surface area (TPSA) is 61.4 Å². The molecular formula is C18H21N3O2. The molecule has 0 radical (unpaired) electrons. The van der Waals surface area contributed by atoms with E-state index >= 15 is 0 Å². The van der Waals surface area contributed by atoms with Crippen molar-refractivity contribution < 1.29 is 9.59 Å². The smallest absolute Gasteiger partial charge is 0.315 e. The Morgan fingerprint density at radius 1 is 1.22 bits per heavy atom. The predicted molar refractivity (Wildman–Crippen MR) is 90.0 cm³/mol. The highest BCUT2D eigenvalue weighted by atomic mass is 16.2. The van der Waals surface area contributed by atoms with Crippen molar-refractivity contribution in [2.75, 3.05) is 13.1 Å². The van der Waals surface area contributed by atoms with Crippen molar-refractivity contribution in [1.29, 1.82) is 0 Å². The zero-order valence-corrected chi connectivity index (χ0v) is 13.2. The van der Waals surface area contributed by atoms with Crippen LogP contribution in [0.5, 0.6) is 0 Å². The Balaban J connectivity index is 1.70. The number of hydrogen-bond donors (Lipinski definition) is 2. The average Bonchev–Trinajstić information content (AvgIpc) is 2.87. The summed E-state index contributed by atoms with van der Waals surface area (Å²) >= 11 is 0. The standard InChI is InChI=1S/C18H21N3O2/c1-2-19-18(23)20-15-10-17(22)21(12-15)11-14-8-5-7-13-6-3-4-9-16(13)14/h3-9,15H,2,10-12H2,1H3,(H2,19,20,23). The minimum atomic E-state index is -0.211. The third kappa shape index (κ3) is 3.44. The molecule has 1 aliphatic heterocycles. The number of carbonyl (C=O) groups excluding carboxylic acids is 2. The van der Waals surface area contributed by atoms with Crippen LogP contribution < -0.4 is 10.6 Å². The summed E-state index contributed by atoms with van der Waals surface area (Å²) in [6, 6.07) is 14.0. The van der Waals surface area contributed by atoms with Crippen molar-refractivity contribution >= 4 is 22.7 Å². The molecule has 2 N–H and O–H groups in total. The molecule has 0 bridgehead atoms. The van der Waals surface area contributed by atoms with E-state index in [1.807, 2.05) is 30.0 Å². The highest BCUT2D eigenvalue weighted by Crippen LogP contribution is 2.22. The molecule has 23 heavy (non-hydrogen) atoms. The van der Waals surface area contributed by atoms with Crippen LogP contribution in [0.4, 0.5) is 4.79 Å². The fourth-order valence-electron chi connectivity index (χ4n) is 3.05. The average molecular weight is 311 g/mol. The van der Waals surface area contributed by atoms with Crippen molar-refractivity contribution in [3.63, 3.8) is 0 Å². The number of hydrogen-bond acceptors (Lipinski definition) is 2. The Morgan fingerprint density at radius 3 is 2.83 bits per heavy atom. The number of urea groups is 1. The molecule has 0 saturated carbocycles. The molecule has 1 aliphatic rings. The summed E-state index contributed by atoms with van der Waals surface area (Å²) < 4.78 is 0. The molecule has 120 valence electrons. The predicted octanol–water partition coefficient (Wildman–Crippen LogP) is 2.26. The van der Waals surface area contributed by atoms with Gasteiger partial charge in [0.05, 0.1) is 6.04 Å². The first kappa shape index (κ1) is 15.3. The molecule has 2 aromatic carbocycles. The van der Waals surface area contributed by atoms with Gasteiger partial charge in [-0.15, -0.1) is 0 Å². The van der Waals surface area contributed by atoms with Gasteiger partial charge in [0.25, 0.3) is 0 Å². The Morgan fingerprint density at radius 2 is 2.00 bits per heavy atom. The summed E-state index contributed by atoms with van der Waals surface area (Å²) in [5.74, 6) is 0.0831. The Labute approximate surface area is 135 Å². The highest BCUT2D eigenvalue weighted by molar-refractivity contribution is 5.87. The number of benzene rings is 2. The van der Waals surface area contributed by atoms with Crippen molar-refractivity contribution in [3.8, 4) is 0 Å². The number of likely N-dealkylation sites (tertiary alicyclic amines) is 1. The lowest BCUT2D eigenvalue weighted by molar-refractivity contribution is -0.128. The van der Waals surface area contributed by atoms with Crippen molar-refractivity contribution in [2.24, 2.45) is 0 Å². The van der Waals surface area contributed by atoms with Gasteiger partial charge in [0.2, 0.25) is 5.91 Å². The SMILES string of the molecule is CCNC(=O)NC1CC(=O)N(Cc2cccc3ccccc23)C1. The number of carbonyl (C=O) groups is 2. The molecule has 1 atom stereocenters. The van der Waals surface area contributed by atoms with Crippen LogP contribution in [0.2, 0.25) is 0 Å². The second-order valence-corrected chi connectivity index (χ2v) is 5.82. The van der Waals surface area contributed by atoms with Gasteiger partial charge in [-0.05, 0) is 23.3 Å². The molecule has 1 fully saturated rings. The van der Waals surface area contributed by atoms with Crippen LogP contribution in [0, 0.1) is 0 Å². The van der Waals surface area contributed by atoms with Gasteiger partial charge in [0.15, 0.2) is 0 Å². The highest BCUT2D eigenvalue weighted by Gasteiger charge is 2.30. The first-order chi connectivity index (χ1) is 11.2. The van der Waals surface area contributed by atoms with Crippen molar-refractivity contribution in [2.45, 2.75) is 25.9 Å². The molecule has 3 amide bonds. The second kappa shape index (κ2) is 6.69. The van der Waals surface area contributed by atoms with Crippen molar-refractivity contribution in [3.05, 3.63) is 48.0 Å². The summed E-state index contributed by atoms with van der Waals surface area (Å²) in [5.41, 5.74) is 1.13. The van der Waals surface area contributed by atoms with Gasteiger partial charge in [0, 0.05) is 26.1 Å². The van der Waals surface area contributed by atoms with E-state index in [-0.39, 0.29) is 18.0 Å². The van der Waals surface area contributed by atoms with E-state index in [4.69, 9.17) is 0 Å². The summed E-state index contributed by atoms with van der Waals surface area (Å²) in [6.07, 6.45) is 0.363. The van der Waals surface area contributed by atoms with Crippen LogP contribution in [0.1, 0.15) is 18.9 Å². The maximum Gasteiger partial charge on any atom is 0.315 e. The summed E-state index contributed by atoms with van der Waals surface area (Å²) in [6.45, 7) is 3.57. The van der Waals surface area contributed by atoms with Gasteiger partial charge in [-0.25, -0.2) is 4.79 Å². The summed E-state index contributed by atoms with van der Waals surface area (Å²) in [7, 11) is 0. The second-order valence-electron chi connectivity index (χ2n) is 5.82. The van der Waals surface area contributed by atoms with E-state index in [0.29, 0.717) is 26.1 Å². The molecule has 1 heterocycles. The molecular weight excluding hydrogens is 290 g/mol. The van der Waals surface area contributed by atoms with Gasteiger partial charge >= 0.3 is 6.03 Å². The number of nitrogens with zero attached hydrogens (tertiary/aromatic N) is 1. The lowest BCUT2D eigenvalue weighted by atomic mass is 10.0. The molecule has 1 saturated heterocycles. The van der Waals surface area contributed by atoms with E-state index in [0.717, 1.165) is 5.56 Å². The molecule has 3 rings (SSSR count). The largest absolute Gasteiger partial charge is 0.338 e. The van der Waals surface area contributed by atoms with Crippen LogP contribution in [0.3, 0.4) is 0 Å². The third-order valence-corrected chi connectivity index (χ3v) is 4.13. The van der Waals surface area contributed by atoms with Gasteiger partial charge in [-0.3, -0.25) is 4.79 Å². The molecule has 2 aromatic rings. The number of amides is 3. The number of rotatable bonds is 4. The summed E-state index contributed by atoms with van der Waals surface area (Å²) in [5, 5.41) is 7.89. The fourth-order valence-corrected chi connectivity index (χ4v) is 3.05.